The zero-order valence-electron chi connectivity index (χ0n) is 7.02. The molecule has 5 nitrogen and oxygen atoms in total. The van der Waals surface area contributed by atoms with Crippen molar-refractivity contribution >= 4 is 10.2 Å². The molecule has 1 rings (SSSR count). The molecule has 1 fully saturated rings. The number of hydrogen-bond acceptors (Lipinski definition) is 3. The van der Waals surface area contributed by atoms with Gasteiger partial charge in [0.05, 0.1) is 5.60 Å². The summed E-state index contributed by atoms with van der Waals surface area (Å²) in [5.41, 5.74) is -0.832. The van der Waals surface area contributed by atoms with Gasteiger partial charge >= 0.3 is 0 Å². The third kappa shape index (κ3) is 2.16. The summed E-state index contributed by atoms with van der Waals surface area (Å²) in [5, 5.41) is 14.4. The number of nitrogens with zero attached hydrogens (tertiary/aromatic N) is 1. The quantitative estimate of drug-likeness (QED) is 0.606. The van der Waals surface area contributed by atoms with Crippen molar-refractivity contribution in [3.05, 3.63) is 0 Å². The third-order valence-electron chi connectivity index (χ3n) is 2.24. The second-order valence-corrected chi connectivity index (χ2v) is 5.03. The van der Waals surface area contributed by atoms with Gasteiger partial charge in [0, 0.05) is 13.6 Å². The maximum atomic E-state index is 10.7. The molecular weight excluding hydrogens is 180 g/mol. The molecule has 0 heterocycles. The first-order chi connectivity index (χ1) is 5.33. The molecule has 0 aromatic rings. The van der Waals surface area contributed by atoms with Crippen LogP contribution < -0.4 is 5.14 Å². The molecule has 0 atom stereocenters. The lowest BCUT2D eigenvalue weighted by Gasteiger charge is -2.38. The van der Waals surface area contributed by atoms with E-state index in [2.05, 4.69) is 0 Å². The van der Waals surface area contributed by atoms with Gasteiger partial charge in [-0.3, -0.25) is 0 Å². The van der Waals surface area contributed by atoms with E-state index in [-0.39, 0.29) is 6.54 Å². The smallest absolute Gasteiger partial charge is 0.276 e. The number of nitrogens with two attached hydrogens (primary N) is 1. The second-order valence-electron chi connectivity index (χ2n) is 3.38. The Morgan fingerprint density at radius 2 is 2.08 bits per heavy atom. The van der Waals surface area contributed by atoms with Crippen molar-refractivity contribution in [3.63, 3.8) is 0 Å². The van der Waals surface area contributed by atoms with Crippen LogP contribution in [0.5, 0.6) is 0 Å². The lowest BCUT2D eigenvalue weighted by molar-refractivity contribution is -0.0423. The fraction of sp³-hybridized carbons (Fsp3) is 1.00. The number of rotatable bonds is 3. The van der Waals surface area contributed by atoms with E-state index in [1.807, 2.05) is 0 Å². The summed E-state index contributed by atoms with van der Waals surface area (Å²) in [6, 6.07) is 0. The van der Waals surface area contributed by atoms with Gasteiger partial charge in [-0.15, -0.1) is 0 Å². The molecule has 1 saturated carbocycles. The highest BCUT2D eigenvalue weighted by Crippen LogP contribution is 2.32. The van der Waals surface area contributed by atoms with Crippen LogP contribution in [-0.4, -0.2) is 37.0 Å². The van der Waals surface area contributed by atoms with Crippen LogP contribution in [0.2, 0.25) is 0 Å². The predicted molar refractivity (Wildman–Crippen MR) is 44.5 cm³/mol. The molecule has 0 unspecified atom stereocenters. The van der Waals surface area contributed by atoms with E-state index < -0.39 is 15.8 Å². The van der Waals surface area contributed by atoms with Crippen LogP contribution in [0.1, 0.15) is 19.3 Å². The maximum absolute atomic E-state index is 10.7. The Bertz CT molecular complexity index is 258. The minimum atomic E-state index is -3.64. The maximum Gasteiger partial charge on any atom is 0.276 e. The van der Waals surface area contributed by atoms with Crippen LogP contribution in [0.3, 0.4) is 0 Å². The summed E-state index contributed by atoms with van der Waals surface area (Å²) >= 11 is 0. The lowest BCUT2D eigenvalue weighted by Crippen LogP contribution is -2.49. The topological polar surface area (TPSA) is 83.6 Å². The van der Waals surface area contributed by atoms with Crippen LogP contribution in [0.25, 0.3) is 0 Å². The van der Waals surface area contributed by atoms with Crippen molar-refractivity contribution in [1.82, 2.24) is 4.31 Å². The minimum Gasteiger partial charge on any atom is -0.389 e. The minimum absolute atomic E-state index is 0.103. The summed E-state index contributed by atoms with van der Waals surface area (Å²) in [5.74, 6) is 0. The summed E-state index contributed by atoms with van der Waals surface area (Å²) in [6.07, 6.45) is 2.27. The summed E-state index contributed by atoms with van der Waals surface area (Å²) in [6.45, 7) is 0.103. The summed E-state index contributed by atoms with van der Waals surface area (Å²) in [7, 11) is -2.27. The van der Waals surface area contributed by atoms with Crippen molar-refractivity contribution in [2.24, 2.45) is 5.14 Å². The molecule has 1 aliphatic carbocycles. The van der Waals surface area contributed by atoms with Crippen molar-refractivity contribution < 1.29 is 13.5 Å². The molecule has 12 heavy (non-hydrogen) atoms. The van der Waals surface area contributed by atoms with Gasteiger partial charge in [0.15, 0.2) is 0 Å². The normalized spacial score (nSPS) is 22.3. The van der Waals surface area contributed by atoms with Crippen molar-refractivity contribution in [2.75, 3.05) is 13.6 Å². The van der Waals surface area contributed by atoms with Crippen molar-refractivity contribution in [1.29, 1.82) is 0 Å². The zero-order chi connectivity index (χ0) is 9.41. The van der Waals surface area contributed by atoms with Crippen molar-refractivity contribution in [3.8, 4) is 0 Å². The van der Waals surface area contributed by atoms with E-state index in [1.165, 1.54) is 7.05 Å². The highest BCUT2D eigenvalue weighted by atomic mass is 32.2. The molecule has 1 aliphatic rings. The van der Waals surface area contributed by atoms with Crippen LogP contribution >= 0.6 is 0 Å². The highest BCUT2D eigenvalue weighted by Gasteiger charge is 2.37. The fourth-order valence-electron chi connectivity index (χ4n) is 1.25. The third-order valence-corrected chi connectivity index (χ3v) is 3.23. The fourth-order valence-corrected chi connectivity index (χ4v) is 1.67. The Labute approximate surface area is 72.3 Å². The Morgan fingerprint density at radius 3 is 2.33 bits per heavy atom. The number of hydrogen-bond donors (Lipinski definition) is 2. The molecule has 0 saturated heterocycles. The van der Waals surface area contributed by atoms with Gasteiger partial charge in [-0.05, 0) is 19.3 Å². The van der Waals surface area contributed by atoms with Gasteiger partial charge in [0.2, 0.25) is 0 Å². The molecular formula is C6H14N2O3S. The predicted octanol–water partition coefficient (Wildman–Crippen LogP) is -0.963. The Morgan fingerprint density at radius 1 is 1.58 bits per heavy atom. The molecule has 0 radical (unpaired) electrons. The van der Waals surface area contributed by atoms with E-state index in [0.29, 0.717) is 12.8 Å². The monoisotopic (exact) mass is 194 g/mol. The first-order valence-corrected chi connectivity index (χ1v) is 5.30. The van der Waals surface area contributed by atoms with Crippen LogP contribution in [0.15, 0.2) is 0 Å². The molecule has 3 N–H and O–H groups in total. The number of aliphatic hydroxyl groups is 1. The summed E-state index contributed by atoms with van der Waals surface area (Å²) < 4.78 is 22.5. The second kappa shape index (κ2) is 2.95. The van der Waals surface area contributed by atoms with E-state index in [0.717, 1.165) is 10.7 Å². The zero-order valence-corrected chi connectivity index (χ0v) is 7.84. The van der Waals surface area contributed by atoms with Gasteiger partial charge in [0.1, 0.15) is 0 Å². The highest BCUT2D eigenvalue weighted by molar-refractivity contribution is 7.86. The van der Waals surface area contributed by atoms with Gasteiger partial charge in [-0.2, -0.15) is 12.7 Å². The molecule has 0 bridgehead atoms. The van der Waals surface area contributed by atoms with E-state index >= 15 is 0 Å². The molecule has 0 aliphatic heterocycles. The van der Waals surface area contributed by atoms with Gasteiger partial charge in [-0.1, -0.05) is 0 Å². The Balaban J connectivity index is 2.51. The van der Waals surface area contributed by atoms with Crippen LogP contribution in [0, 0.1) is 0 Å². The van der Waals surface area contributed by atoms with Crippen molar-refractivity contribution in [2.45, 2.75) is 24.9 Å². The molecule has 0 spiro atoms. The van der Waals surface area contributed by atoms with E-state index in [4.69, 9.17) is 5.14 Å². The summed E-state index contributed by atoms with van der Waals surface area (Å²) in [4.78, 5) is 0. The largest absolute Gasteiger partial charge is 0.389 e. The average Bonchev–Trinajstić information content (AvgIpc) is 1.82. The van der Waals surface area contributed by atoms with Gasteiger partial charge in [-0.25, -0.2) is 5.14 Å². The molecule has 0 aromatic heterocycles. The molecule has 0 amide bonds. The van der Waals surface area contributed by atoms with Gasteiger partial charge in [0.25, 0.3) is 10.2 Å². The van der Waals surface area contributed by atoms with Gasteiger partial charge < -0.3 is 5.11 Å². The van der Waals surface area contributed by atoms with Crippen LogP contribution in [0.4, 0.5) is 0 Å². The Kier molecular flexibility index (Phi) is 2.44. The lowest BCUT2D eigenvalue weighted by atomic mass is 9.80. The first kappa shape index (κ1) is 9.91. The number of likely N-dealkylation sites (N-methyl/N-ethyl adjacent to an activating group) is 1. The molecule has 0 aromatic carbocycles. The SMILES string of the molecule is CN(CC1(O)CCC1)S(N)(=O)=O. The van der Waals surface area contributed by atoms with E-state index in [1.54, 1.807) is 0 Å². The molecule has 6 heteroatoms. The first-order valence-electron chi connectivity index (χ1n) is 3.80. The average molecular weight is 194 g/mol. The Hall–Kier alpha value is -0.170. The standard InChI is InChI=1S/C6H14N2O3S/c1-8(12(7,10)11)5-6(9)3-2-4-6/h9H,2-5H2,1H3,(H2,7,10,11). The molecule has 72 valence electrons. The van der Waals surface area contributed by atoms with E-state index in [9.17, 15) is 13.5 Å². The van der Waals surface area contributed by atoms with Crippen LogP contribution in [-0.2, 0) is 10.2 Å².